The molecule has 0 saturated carbocycles. The van der Waals surface area contributed by atoms with Crippen LogP contribution in [0.5, 0.6) is 0 Å². The molecule has 1 amide bonds. The summed E-state index contributed by atoms with van der Waals surface area (Å²) in [6.45, 7) is 2.69. The first-order valence-corrected chi connectivity index (χ1v) is 7.47. The molecule has 1 aromatic carbocycles. The van der Waals surface area contributed by atoms with Gasteiger partial charge in [-0.15, -0.1) is 0 Å². The third-order valence-electron chi connectivity index (χ3n) is 3.85. The number of nitrogens with one attached hydrogen (secondary N) is 1. The molecule has 6 nitrogen and oxygen atoms in total. The van der Waals surface area contributed by atoms with Crippen LogP contribution in [-0.2, 0) is 11.0 Å². The molecule has 0 saturated heterocycles. The number of hydrogen-bond donors (Lipinski definition) is 2. The van der Waals surface area contributed by atoms with Crippen LogP contribution in [0.1, 0.15) is 29.9 Å². The number of amides is 1. The monoisotopic (exact) mass is 373 g/mol. The summed E-state index contributed by atoms with van der Waals surface area (Å²) >= 11 is 0. The molecule has 0 aliphatic heterocycles. The average Bonchev–Trinajstić information content (AvgIpc) is 3.00. The molecule has 2 unspecified atom stereocenters. The Hall–Kier alpha value is -2.91. The summed E-state index contributed by atoms with van der Waals surface area (Å²) in [6, 6.07) is 3.21. The van der Waals surface area contributed by atoms with E-state index < -0.39 is 47.1 Å². The van der Waals surface area contributed by atoms with Crippen molar-refractivity contribution in [1.29, 1.82) is 0 Å². The van der Waals surface area contributed by atoms with Gasteiger partial charge in [0.2, 0.25) is 0 Å². The average molecular weight is 373 g/mol. The number of rotatable bonds is 5. The standard InChI is InChI=1S/C16H15F4N3O3/c1-8(15(25)26)9(2)22-14(24)12-7-21-23(13(12)16(18,19)20)11-5-3-10(17)4-6-11/h3-9H,1-2H3,(H,22,24)(H,25,26). The number of halogens is 4. The maximum Gasteiger partial charge on any atom is 0.434 e. The van der Waals surface area contributed by atoms with Gasteiger partial charge in [0.1, 0.15) is 5.82 Å². The van der Waals surface area contributed by atoms with Crippen LogP contribution < -0.4 is 5.32 Å². The van der Waals surface area contributed by atoms with E-state index in [0.717, 1.165) is 30.5 Å². The molecule has 2 atom stereocenters. The number of carbonyl (C=O) groups is 2. The summed E-state index contributed by atoms with van der Waals surface area (Å²) in [5.41, 5.74) is -2.17. The fraction of sp³-hybridized carbons (Fsp3) is 0.312. The number of aromatic nitrogens is 2. The molecule has 10 heteroatoms. The van der Waals surface area contributed by atoms with Gasteiger partial charge in [-0.05, 0) is 38.1 Å². The van der Waals surface area contributed by atoms with Gasteiger partial charge < -0.3 is 10.4 Å². The zero-order valence-electron chi connectivity index (χ0n) is 13.7. The van der Waals surface area contributed by atoms with Gasteiger partial charge in [-0.25, -0.2) is 9.07 Å². The van der Waals surface area contributed by atoms with Crippen molar-refractivity contribution < 1.29 is 32.3 Å². The molecule has 0 fully saturated rings. The third-order valence-corrected chi connectivity index (χ3v) is 3.85. The lowest BCUT2D eigenvalue weighted by Gasteiger charge is -2.18. The predicted octanol–water partition coefficient (Wildman–Crippen LogP) is 2.87. The van der Waals surface area contributed by atoms with Gasteiger partial charge in [0, 0.05) is 6.04 Å². The molecule has 2 N–H and O–H groups in total. The minimum atomic E-state index is -4.92. The fourth-order valence-corrected chi connectivity index (χ4v) is 2.19. The fourth-order valence-electron chi connectivity index (χ4n) is 2.19. The van der Waals surface area contributed by atoms with Crippen LogP contribution in [0, 0.1) is 11.7 Å². The molecule has 1 aromatic heterocycles. The summed E-state index contributed by atoms with van der Waals surface area (Å²) in [5.74, 6) is -3.94. The molecule has 2 rings (SSSR count). The molecule has 0 radical (unpaired) electrons. The highest BCUT2D eigenvalue weighted by Gasteiger charge is 2.41. The van der Waals surface area contributed by atoms with Crippen LogP contribution in [0.25, 0.3) is 5.69 Å². The Labute approximate surface area is 145 Å². The van der Waals surface area contributed by atoms with Gasteiger partial charge in [-0.1, -0.05) is 0 Å². The van der Waals surface area contributed by atoms with E-state index in [1.807, 2.05) is 0 Å². The Balaban J connectivity index is 2.42. The van der Waals surface area contributed by atoms with Crippen molar-refractivity contribution in [2.45, 2.75) is 26.1 Å². The molecule has 0 spiro atoms. The normalized spacial score (nSPS) is 13.9. The van der Waals surface area contributed by atoms with Crippen molar-refractivity contribution in [1.82, 2.24) is 15.1 Å². The number of carboxylic acid groups (broad SMARTS) is 1. The Morgan fingerprint density at radius 1 is 1.19 bits per heavy atom. The van der Waals surface area contributed by atoms with E-state index in [1.54, 1.807) is 0 Å². The molecule has 0 bridgehead atoms. The molecule has 1 heterocycles. The summed E-state index contributed by atoms with van der Waals surface area (Å²) in [7, 11) is 0. The van der Waals surface area contributed by atoms with Crippen LogP contribution in [0.4, 0.5) is 17.6 Å². The molecule has 0 aliphatic rings. The van der Waals surface area contributed by atoms with E-state index in [0.29, 0.717) is 4.68 Å². The van der Waals surface area contributed by atoms with Crippen molar-refractivity contribution in [2.24, 2.45) is 5.92 Å². The van der Waals surface area contributed by atoms with Gasteiger partial charge in [-0.2, -0.15) is 18.3 Å². The third kappa shape index (κ3) is 4.01. The number of carboxylic acids is 1. The first kappa shape index (κ1) is 19.4. The van der Waals surface area contributed by atoms with Crippen LogP contribution in [0.2, 0.25) is 0 Å². The summed E-state index contributed by atoms with van der Waals surface area (Å²) in [6.07, 6.45) is -4.18. The first-order chi connectivity index (χ1) is 12.0. The highest BCUT2D eigenvalue weighted by atomic mass is 19.4. The van der Waals surface area contributed by atoms with Crippen molar-refractivity contribution in [3.8, 4) is 5.69 Å². The van der Waals surface area contributed by atoms with Crippen LogP contribution in [0.15, 0.2) is 30.5 Å². The maximum absolute atomic E-state index is 13.5. The van der Waals surface area contributed by atoms with Crippen LogP contribution >= 0.6 is 0 Å². The molecule has 26 heavy (non-hydrogen) atoms. The zero-order chi connectivity index (χ0) is 19.6. The zero-order valence-corrected chi connectivity index (χ0v) is 13.7. The van der Waals surface area contributed by atoms with E-state index in [-0.39, 0.29) is 5.69 Å². The van der Waals surface area contributed by atoms with Crippen LogP contribution in [-0.4, -0.2) is 32.8 Å². The number of benzene rings is 1. The smallest absolute Gasteiger partial charge is 0.434 e. The van der Waals surface area contributed by atoms with Crippen molar-refractivity contribution in [3.63, 3.8) is 0 Å². The quantitative estimate of drug-likeness (QED) is 0.790. The Morgan fingerprint density at radius 2 is 1.77 bits per heavy atom. The number of alkyl halides is 3. The summed E-state index contributed by atoms with van der Waals surface area (Å²) in [4.78, 5) is 23.2. The number of nitrogens with zero attached hydrogens (tertiary/aromatic N) is 2. The van der Waals surface area contributed by atoms with Gasteiger partial charge >= 0.3 is 12.1 Å². The Morgan fingerprint density at radius 3 is 2.27 bits per heavy atom. The second-order valence-electron chi connectivity index (χ2n) is 5.68. The molecule has 0 aliphatic carbocycles. The van der Waals surface area contributed by atoms with Gasteiger partial charge in [0.05, 0.1) is 23.4 Å². The predicted molar refractivity (Wildman–Crippen MR) is 82.3 cm³/mol. The highest BCUT2D eigenvalue weighted by molar-refractivity contribution is 5.96. The van der Waals surface area contributed by atoms with Gasteiger partial charge in [-0.3, -0.25) is 9.59 Å². The van der Waals surface area contributed by atoms with E-state index in [1.165, 1.54) is 13.8 Å². The van der Waals surface area contributed by atoms with Crippen molar-refractivity contribution in [2.75, 3.05) is 0 Å². The van der Waals surface area contributed by atoms with E-state index in [2.05, 4.69) is 10.4 Å². The molecule has 2 aromatic rings. The lowest BCUT2D eigenvalue weighted by molar-refractivity contribution is -0.143. The minimum Gasteiger partial charge on any atom is -0.481 e. The van der Waals surface area contributed by atoms with E-state index in [9.17, 15) is 27.2 Å². The first-order valence-electron chi connectivity index (χ1n) is 7.47. The maximum atomic E-state index is 13.5. The minimum absolute atomic E-state index is 0.0790. The second-order valence-corrected chi connectivity index (χ2v) is 5.68. The number of hydrogen-bond acceptors (Lipinski definition) is 3. The van der Waals surface area contributed by atoms with Gasteiger partial charge in [0.15, 0.2) is 5.69 Å². The summed E-state index contributed by atoms with van der Waals surface area (Å²) in [5, 5.41) is 14.7. The number of carbonyl (C=O) groups excluding carboxylic acids is 1. The Kier molecular flexibility index (Phi) is 5.33. The van der Waals surface area contributed by atoms with Crippen LogP contribution in [0.3, 0.4) is 0 Å². The highest BCUT2D eigenvalue weighted by Crippen LogP contribution is 2.33. The topological polar surface area (TPSA) is 84.2 Å². The largest absolute Gasteiger partial charge is 0.481 e. The number of aliphatic carboxylic acids is 1. The van der Waals surface area contributed by atoms with Gasteiger partial charge in [0.25, 0.3) is 5.91 Å². The van der Waals surface area contributed by atoms with Crippen molar-refractivity contribution in [3.05, 3.63) is 47.5 Å². The molecular weight excluding hydrogens is 358 g/mol. The summed E-state index contributed by atoms with van der Waals surface area (Å²) < 4.78 is 53.9. The second kappa shape index (κ2) is 7.14. The van der Waals surface area contributed by atoms with Crippen molar-refractivity contribution >= 4 is 11.9 Å². The SMILES string of the molecule is CC(NC(=O)c1cnn(-c2ccc(F)cc2)c1C(F)(F)F)C(C)C(=O)O. The lowest BCUT2D eigenvalue weighted by Crippen LogP contribution is -2.40. The van der Waals surface area contributed by atoms with E-state index >= 15 is 0 Å². The molecule has 140 valence electrons. The lowest BCUT2D eigenvalue weighted by atomic mass is 10.0. The van der Waals surface area contributed by atoms with E-state index in [4.69, 9.17) is 5.11 Å². The molecular formula is C16H15F4N3O3. The Bertz CT molecular complexity index is 815.